The molecule has 0 aromatic carbocycles. The fraction of sp³-hybridized carbons (Fsp3) is 0.684. The van der Waals surface area contributed by atoms with Crippen LogP contribution in [0.5, 0.6) is 0 Å². The SMILES string of the molecule is CC(C)(C)OC(=O)N1C[C@@H]2C[C@H]1[C@@H](n1cnc3c(NC4CC4)ncnc31)C2. The van der Waals surface area contributed by atoms with Gasteiger partial charge in [0.05, 0.1) is 18.4 Å². The number of carbonyl (C=O) groups is 1. The molecule has 1 saturated heterocycles. The van der Waals surface area contributed by atoms with Crippen molar-refractivity contribution in [1.82, 2.24) is 24.4 Å². The number of ether oxygens (including phenoxy) is 1. The van der Waals surface area contributed by atoms with Gasteiger partial charge in [0.25, 0.3) is 0 Å². The van der Waals surface area contributed by atoms with E-state index in [1.807, 2.05) is 32.0 Å². The predicted octanol–water partition coefficient (Wildman–Crippen LogP) is 2.97. The van der Waals surface area contributed by atoms with Gasteiger partial charge in [0.2, 0.25) is 0 Å². The largest absolute Gasteiger partial charge is 0.444 e. The maximum Gasteiger partial charge on any atom is 0.410 e. The first-order chi connectivity index (χ1) is 12.9. The number of fused-ring (bicyclic) bond motifs is 3. The van der Waals surface area contributed by atoms with Gasteiger partial charge in [-0.05, 0) is 52.4 Å². The molecule has 2 aliphatic carbocycles. The number of carbonyl (C=O) groups excluding carboxylic acids is 1. The molecule has 1 amide bonds. The molecule has 2 bridgehead atoms. The van der Waals surface area contributed by atoms with Crippen LogP contribution < -0.4 is 5.32 Å². The van der Waals surface area contributed by atoms with Crippen LogP contribution in [0.1, 0.15) is 52.5 Å². The van der Waals surface area contributed by atoms with Gasteiger partial charge >= 0.3 is 6.09 Å². The van der Waals surface area contributed by atoms with Gasteiger partial charge < -0.3 is 19.5 Å². The van der Waals surface area contributed by atoms with Crippen molar-refractivity contribution in [3.63, 3.8) is 0 Å². The van der Waals surface area contributed by atoms with E-state index in [-0.39, 0.29) is 18.2 Å². The maximum absolute atomic E-state index is 12.7. The minimum Gasteiger partial charge on any atom is -0.444 e. The first kappa shape index (κ1) is 16.8. The Morgan fingerprint density at radius 1 is 1.19 bits per heavy atom. The second-order valence-electron chi connectivity index (χ2n) is 9.07. The van der Waals surface area contributed by atoms with Crippen molar-refractivity contribution in [2.24, 2.45) is 5.92 Å². The van der Waals surface area contributed by atoms with Gasteiger partial charge in [0.1, 0.15) is 17.4 Å². The maximum atomic E-state index is 12.7. The van der Waals surface area contributed by atoms with E-state index in [4.69, 9.17) is 4.74 Å². The standard InChI is InChI=1S/C19H26N6O2/c1-19(2,3)27-18(26)24-8-11-6-13(24)14(7-11)25-10-22-15-16(23-12-4-5-12)20-9-21-17(15)25/h9-14H,4-8H2,1-3H3,(H,20,21,23)/t11-,13+,14+/m1/s1. The number of hydrogen-bond acceptors (Lipinski definition) is 6. The second kappa shape index (κ2) is 5.81. The summed E-state index contributed by atoms with van der Waals surface area (Å²) >= 11 is 0. The number of rotatable bonds is 3. The summed E-state index contributed by atoms with van der Waals surface area (Å²) in [7, 11) is 0. The number of aromatic nitrogens is 4. The third kappa shape index (κ3) is 3.00. The van der Waals surface area contributed by atoms with E-state index in [0.717, 1.165) is 36.4 Å². The lowest BCUT2D eigenvalue weighted by Crippen LogP contribution is -2.45. The van der Waals surface area contributed by atoms with E-state index in [9.17, 15) is 4.79 Å². The van der Waals surface area contributed by atoms with Gasteiger partial charge in [-0.25, -0.2) is 19.7 Å². The number of anilines is 1. The van der Waals surface area contributed by atoms with Gasteiger partial charge in [-0.2, -0.15) is 0 Å². The number of nitrogens with zero attached hydrogens (tertiary/aromatic N) is 5. The number of imidazole rings is 1. The lowest BCUT2D eigenvalue weighted by atomic mass is 10.1. The minimum absolute atomic E-state index is 0.136. The fourth-order valence-corrected chi connectivity index (χ4v) is 4.44. The van der Waals surface area contributed by atoms with Crippen LogP contribution in [0.3, 0.4) is 0 Å². The Bertz CT molecular complexity index is 884. The number of hydrogen-bond donors (Lipinski definition) is 1. The van der Waals surface area contributed by atoms with Crippen molar-refractivity contribution in [3.05, 3.63) is 12.7 Å². The van der Waals surface area contributed by atoms with E-state index in [0.29, 0.717) is 12.0 Å². The van der Waals surface area contributed by atoms with E-state index in [2.05, 4.69) is 24.8 Å². The molecule has 5 rings (SSSR count). The van der Waals surface area contributed by atoms with Crippen LogP contribution >= 0.6 is 0 Å². The number of amides is 1. The highest BCUT2D eigenvalue weighted by Crippen LogP contribution is 2.46. The molecule has 3 fully saturated rings. The lowest BCUT2D eigenvalue weighted by Gasteiger charge is -2.35. The van der Waals surface area contributed by atoms with Crippen LogP contribution in [-0.4, -0.2) is 54.7 Å². The summed E-state index contributed by atoms with van der Waals surface area (Å²) in [5, 5.41) is 3.44. The molecule has 8 nitrogen and oxygen atoms in total. The molecule has 8 heteroatoms. The molecule has 1 aliphatic heterocycles. The van der Waals surface area contributed by atoms with Gasteiger partial charge in [-0.1, -0.05) is 0 Å². The van der Waals surface area contributed by atoms with Gasteiger partial charge in [-0.3, -0.25) is 0 Å². The Balaban J connectivity index is 1.42. The zero-order valence-corrected chi connectivity index (χ0v) is 16.1. The average Bonchev–Trinajstić information content (AvgIpc) is 3.03. The van der Waals surface area contributed by atoms with E-state index in [1.54, 1.807) is 6.33 Å². The molecular weight excluding hydrogens is 344 g/mol. The quantitative estimate of drug-likeness (QED) is 0.894. The molecule has 0 radical (unpaired) electrons. The minimum atomic E-state index is -0.479. The summed E-state index contributed by atoms with van der Waals surface area (Å²) in [6, 6.07) is 0.834. The monoisotopic (exact) mass is 370 g/mol. The Morgan fingerprint density at radius 3 is 2.67 bits per heavy atom. The first-order valence-electron chi connectivity index (χ1n) is 9.83. The molecular formula is C19H26N6O2. The van der Waals surface area contributed by atoms with Crippen molar-refractivity contribution in [2.45, 2.75) is 70.2 Å². The van der Waals surface area contributed by atoms with Gasteiger partial charge in [-0.15, -0.1) is 0 Å². The first-order valence-corrected chi connectivity index (χ1v) is 9.83. The Kier molecular flexibility index (Phi) is 3.61. The van der Waals surface area contributed by atoms with Crippen LogP contribution in [0, 0.1) is 5.92 Å². The molecule has 2 aromatic rings. The van der Waals surface area contributed by atoms with E-state index < -0.39 is 5.60 Å². The lowest BCUT2D eigenvalue weighted by molar-refractivity contribution is 0.0141. The van der Waals surface area contributed by atoms with Gasteiger partial charge in [0.15, 0.2) is 11.5 Å². The highest BCUT2D eigenvalue weighted by molar-refractivity contribution is 5.83. The molecule has 1 N–H and O–H groups in total. The normalized spacial score (nSPS) is 27.4. The van der Waals surface area contributed by atoms with Crippen LogP contribution in [0.25, 0.3) is 11.2 Å². The zero-order valence-electron chi connectivity index (χ0n) is 16.1. The average molecular weight is 370 g/mol. The third-order valence-electron chi connectivity index (χ3n) is 5.71. The molecule has 27 heavy (non-hydrogen) atoms. The highest BCUT2D eigenvalue weighted by Gasteiger charge is 2.49. The summed E-state index contributed by atoms with van der Waals surface area (Å²) in [4.78, 5) is 28.0. The second-order valence-corrected chi connectivity index (χ2v) is 9.07. The van der Waals surface area contributed by atoms with E-state index in [1.165, 1.54) is 12.8 Å². The summed E-state index contributed by atoms with van der Waals surface area (Å²) in [5.41, 5.74) is 1.18. The topological polar surface area (TPSA) is 85.2 Å². The van der Waals surface area contributed by atoms with Gasteiger partial charge in [0, 0.05) is 12.6 Å². The number of likely N-dealkylation sites (tertiary alicyclic amines) is 1. The highest BCUT2D eigenvalue weighted by atomic mass is 16.6. The predicted molar refractivity (Wildman–Crippen MR) is 100 cm³/mol. The molecule has 2 aromatic heterocycles. The molecule has 3 aliphatic rings. The summed E-state index contributed by atoms with van der Waals surface area (Å²) in [5.74, 6) is 1.32. The van der Waals surface area contributed by atoms with Crippen molar-refractivity contribution >= 4 is 23.1 Å². The fourth-order valence-electron chi connectivity index (χ4n) is 4.44. The Labute approximate surface area is 158 Å². The molecule has 3 atom stereocenters. The van der Waals surface area contributed by atoms with Crippen molar-refractivity contribution in [3.8, 4) is 0 Å². The Hall–Kier alpha value is -2.38. The molecule has 3 heterocycles. The van der Waals surface area contributed by atoms with Crippen molar-refractivity contribution in [2.75, 3.05) is 11.9 Å². The smallest absolute Gasteiger partial charge is 0.410 e. The summed E-state index contributed by atoms with van der Waals surface area (Å²) in [6.07, 6.45) is 7.68. The zero-order chi connectivity index (χ0) is 18.8. The third-order valence-corrected chi connectivity index (χ3v) is 5.71. The number of nitrogens with one attached hydrogen (secondary N) is 1. The molecule has 0 unspecified atom stereocenters. The van der Waals surface area contributed by atoms with Crippen molar-refractivity contribution < 1.29 is 9.53 Å². The Morgan fingerprint density at radius 2 is 1.96 bits per heavy atom. The van der Waals surface area contributed by atoms with Crippen molar-refractivity contribution in [1.29, 1.82) is 0 Å². The van der Waals surface area contributed by atoms with Crippen LogP contribution in [-0.2, 0) is 4.74 Å². The molecule has 2 saturated carbocycles. The van der Waals surface area contributed by atoms with E-state index >= 15 is 0 Å². The molecule has 0 spiro atoms. The van der Waals surface area contributed by atoms with Crippen LogP contribution in [0.2, 0.25) is 0 Å². The number of piperidine rings is 1. The summed E-state index contributed by atoms with van der Waals surface area (Å²) < 4.78 is 7.76. The summed E-state index contributed by atoms with van der Waals surface area (Å²) in [6.45, 7) is 6.51. The molecule has 144 valence electrons. The van der Waals surface area contributed by atoms with Crippen LogP contribution in [0.4, 0.5) is 10.6 Å². The van der Waals surface area contributed by atoms with Crippen LogP contribution in [0.15, 0.2) is 12.7 Å².